The van der Waals surface area contributed by atoms with E-state index in [0.717, 1.165) is 42.6 Å². The molecule has 1 aromatic rings. The molecule has 2 unspecified atom stereocenters. The molecule has 1 N–H and O–H groups in total. The van der Waals surface area contributed by atoms with Crippen LogP contribution in [-0.4, -0.2) is 17.8 Å². The van der Waals surface area contributed by atoms with E-state index in [1.807, 2.05) is 0 Å². The molecule has 3 aliphatic rings. The lowest BCUT2D eigenvalue weighted by molar-refractivity contribution is 0.138. The van der Waals surface area contributed by atoms with Crippen LogP contribution in [0.4, 0.5) is 0 Å². The molecule has 0 bridgehead atoms. The van der Waals surface area contributed by atoms with Crippen molar-refractivity contribution >= 4 is 8.60 Å². The third kappa shape index (κ3) is 9.71. The number of benzene rings is 1. The predicted octanol–water partition coefficient (Wildman–Crippen LogP) is 13.9. The summed E-state index contributed by atoms with van der Waals surface area (Å²) in [6.45, 7) is 41.0. The van der Waals surface area contributed by atoms with Gasteiger partial charge in [0.05, 0.1) is 6.61 Å². The highest BCUT2D eigenvalue weighted by Gasteiger charge is 2.42. The van der Waals surface area contributed by atoms with E-state index in [-0.39, 0.29) is 38.6 Å². The Labute approximate surface area is 313 Å². The number of phenolic OH excluding ortho intramolecular Hbond substituents is 1. The summed E-state index contributed by atoms with van der Waals surface area (Å²) in [6.07, 6.45) is 10.6. The van der Waals surface area contributed by atoms with Crippen LogP contribution in [0.1, 0.15) is 161 Å². The molecule has 4 nitrogen and oxygen atoms in total. The van der Waals surface area contributed by atoms with Gasteiger partial charge in [-0.1, -0.05) is 161 Å². The Morgan fingerprint density at radius 3 is 1.73 bits per heavy atom. The van der Waals surface area contributed by atoms with Gasteiger partial charge in [-0.25, -0.2) is 0 Å². The largest absolute Gasteiger partial charge is 0.507 e. The first-order chi connectivity index (χ1) is 23.0. The van der Waals surface area contributed by atoms with E-state index in [1.54, 1.807) is 0 Å². The van der Waals surface area contributed by atoms with E-state index in [9.17, 15) is 5.11 Å². The van der Waals surface area contributed by atoms with Crippen molar-refractivity contribution in [3.8, 4) is 5.75 Å². The normalized spacial score (nSPS) is 22.7. The maximum atomic E-state index is 11.3. The average Bonchev–Trinajstić information content (AvgIpc) is 2.93. The summed E-state index contributed by atoms with van der Waals surface area (Å²) in [5.41, 5.74) is 10.4. The van der Waals surface area contributed by atoms with Crippen molar-refractivity contribution in [1.82, 2.24) is 0 Å². The monoisotopic (exact) mass is 719 g/mol. The molecule has 1 heterocycles. The average molecular weight is 719 g/mol. The van der Waals surface area contributed by atoms with Crippen molar-refractivity contribution in [2.24, 2.45) is 21.7 Å². The zero-order chi connectivity index (χ0) is 38.7. The minimum atomic E-state index is -1.72. The van der Waals surface area contributed by atoms with Gasteiger partial charge in [0.25, 0.3) is 0 Å². The fraction of sp³-hybridized carbons (Fsp3) is 0.652. The van der Waals surface area contributed by atoms with Crippen LogP contribution >= 0.6 is 8.60 Å². The van der Waals surface area contributed by atoms with Gasteiger partial charge in [-0.15, -0.1) is 0 Å². The number of hydrogen-bond acceptors (Lipinski definition) is 4. The van der Waals surface area contributed by atoms with Gasteiger partial charge in [0, 0.05) is 11.0 Å². The molecule has 0 amide bonds. The van der Waals surface area contributed by atoms with Crippen LogP contribution in [0, 0.1) is 21.7 Å². The maximum Gasteiger partial charge on any atom is 0.397 e. The minimum Gasteiger partial charge on any atom is -0.507 e. The molecule has 4 rings (SSSR count). The number of aromatic hydroxyl groups is 1. The van der Waals surface area contributed by atoms with Gasteiger partial charge in [0.1, 0.15) is 17.6 Å². The Morgan fingerprint density at radius 2 is 1.25 bits per heavy atom. The molecule has 1 aromatic carbocycles. The van der Waals surface area contributed by atoms with E-state index in [2.05, 4.69) is 155 Å². The second-order valence-electron chi connectivity index (χ2n) is 21.3. The summed E-state index contributed by atoms with van der Waals surface area (Å²) in [6, 6.07) is 4.37. The standard InChI is InChI=1S/C46H71O4P/c1-41(2,3)30-21-22-32-33-27-31(42(4,5)6)28-37(45(13,14)15)39(33)49-51(50-40(34(32)26-30)46(16,17)18)48-23-19-20-29-24-35(43(7,8)9)38(47)36(25-29)44(10,11)12/h24-28,39,47H,19-23H2,1-18H3/b33-32-,40-34?. The maximum absolute atomic E-state index is 11.3. The summed E-state index contributed by atoms with van der Waals surface area (Å²) in [5.74, 6) is 1.38. The zero-order valence-corrected chi connectivity index (χ0v) is 36.5. The lowest BCUT2D eigenvalue weighted by Gasteiger charge is -2.42. The molecule has 284 valence electrons. The third-order valence-electron chi connectivity index (χ3n) is 10.4. The number of rotatable bonds is 5. The highest BCUT2D eigenvalue weighted by molar-refractivity contribution is 7.41. The van der Waals surface area contributed by atoms with Crippen molar-refractivity contribution in [3.63, 3.8) is 0 Å². The van der Waals surface area contributed by atoms with Gasteiger partial charge >= 0.3 is 8.60 Å². The van der Waals surface area contributed by atoms with Crippen molar-refractivity contribution in [1.29, 1.82) is 0 Å². The summed E-state index contributed by atoms with van der Waals surface area (Å²) < 4.78 is 20.9. The van der Waals surface area contributed by atoms with Gasteiger partial charge in [0.15, 0.2) is 0 Å². The number of fused-ring (bicyclic) bond motifs is 2. The van der Waals surface area contributed by atoms with Gasteiger partial charge < -0.3 is 14.2 Å². The SMILES string of the molecule is CC(C)(C)C1=C/C2=C3\CCC(C(C)(C)C)=CC3=C(C(C)(C)C)OP(OCCCc3cc(C(C)(C)C)c(O)c(C(C)(C)C)c3)OC2C(C(C)(C)C)=C1. The molecule has 0 spiro atoms. The first kappa shape index (κ1) is 41.6. The van der Waals surface area contributed by atoms with Gasteiger partial charge in [0.2, 0.25) is 0 Å². The molecule has 2 atom stereocenters. The quantitative estimate of drug-likeness (QED) is 0.243. The van der Waals surface area contributed by atoms with E-state index in [1.165, 1.54) is 39.0 Å². The van der Waals surface area contributed by atoms with E-state index < -0.39 is 8.60 Å². The first-order valence-corrected chi connectivity index (χ1v) is 20.4. The Bertz CT molecular complexity index is 1600. The molecule has 0 fully saturated rings. The Morgan fingerprint density at radius 1 is 0.686 bits per heavy atom. The molecular formula is C46H71O4P. The second kappa shape index (κ2) is 14.3. The second-order valence-corrected chi connectivity index (χ2v) is 22.4. The highest BCUT2D eigenvalue weighted by atomic mass is 31.2. The molecule has 0 saturated heterocycles. The van der Waals surface area contributed by atoms with Crippen LogP contribution < -0.4 is 0 Å². The van der Waals surface area contributed by atoms with Gasteiger partial charge in [-0.3, -0.25) is 4.52 Å². The summed E-state index contributed by atoms with van der Waals surface area (Å²) in [4.78, 5) is 0. The first-order valence-electron chi connectivity index (χ1n) is 19.3. The Hall–Kier alpha value is -2.13. The van der Waals surface area contributed by atoms with Crippen molar-refractivity contribution < 1.29 is 18.7 Å². The number of hydrogen-bond donors (Lipinski definition) is 1. The molecule has 1 aliphatic heterocycles. The minimum absolute atomic E-state index is 0.0130. The lowest BCUT2D eigenvalue weighted by atomic mass is 9.69. The molecule has 0 radical (unpaired) electrons. The Kier molecular flexibility index (Phi) is 11.6. The number of phenols is 1. The molecular weight excluding hydrogens is 647 g/mol. The van der Waals surface area contributed by atoms with Gasteiger partial charge in [-0.2, -0.15) is 0 Å². The third-order valence-corrected chi connectivity index (χ3v) is 11.5. The fourth-order valence-electron chi connectivity index (χ4n) is 7.15. The predicted molar refractivity (Wildman–Crippen MR) is 218 cm³/mol. The van der Waals surface area contributed by atoms with Crippen LogP contribution in [0.3, 0.4) is 0 Å². The number of allylic oxidation sites excluding steroid dienone is 7. The Balaban J connectivity index is 1.78. The van der Waals surface area contributed by atoms with Crippen molar-refractivity contribution in [2.45, 2.75) is 167 Å². The van der Waals surface area contributed by atoms with Gasteiger partial charge in [-0.05, 0) is 91.7 Å². The van der Waals surface area contributed by atoms with Crippen LogP contribution in [0.5, 0.6) is 5.75 Å². The van der Waals surface area contributed by atoms with E-state index in [4.69, 9.17) is 13.6 Å². The summed E-state index contributed by atoms with van der Waals surface area (Å²) in [5, 5.41) is 11.3. The van der Waals surface area contributed by atoms with Crippen molar-refractivity contribution in [3.05, 3.63) is 86.2 Å². The van der Waals surface area contributed by atoms with E-state index in [0.29, 0.717) is 12.4 Å². The fourth-order valence-corrected chi connectivity index (χ4v) is 8.50. The summed E-state index contributed by atoms with van der Waals surface area (Å²) in [7, 11) is -1.72. The summed E-state index contributed by atoms with van der Waals surface area (Å²) >= 11 is 0. The van der Waals surface area contributed by atoms with E-state index >= 15 is 0 Å². The molecule has 5 heteroatoms. The smallest absolute Gasteiger partial charge is 0.397 e. The number of aryl methyl sites for hydroxylation is 1. The zero-order valence-electron chi connectivity index (χ0n) is 35.6. The van der Waals surface area contributed by atoms with Crippen LogP contribution in [0.15, 0.2) is 69.6 Å². The van der Waals surface area contributed by atoms with Crippen LogP contribution in [0.25, 0.3) is 0 Å². The van der Waals surface area contributed by atoms with Crippen molar-refractivity contribution in [2.75, 3.05) is 6.61 Å². The molecule has 2 aliphatic carbocycles. The highest BCUT2D eigenvalue weighted by Crippen LogP contribution is 2.57. The lowest BCUT2D eigenvalue weighted by Crippen LogP contribution is -2.32. The van der Waals surface area contributed by atoms with Crippen LogP contribution in [0.2, 0.25) is 0 Å². The van der Waals surface area contributed by atoms with Crippen LogP contribution in [-0.2, 0) is 30.8 Å². The molecule has 51 heavy (non-hydrogen) atoms. The molecule has 0 aromatic heterocycles. The topological polar surface area (TPSA) is 47.9 Å². The molecule has 0 saturated carbocycles.